The Hall–Kier alpha value is -4.08. The van der Waals surface area contributed by atoms with E-state index in [1.165, 1.54) is 24.7 Å². The van der Waals surface area contributed by atoms with Gasteiger partial charge in [0.2, 0.25) is 0 Å². The van der Waals surface area contributed by atoms with Gasteiger partial charge in [-0.05, 0) is 60.2 Å². The summed E-state index contributed by atoms with van der Waals surface area (Å²) >= 11 is 20.1. The molecule has 0 saturated carbocycles. The molecule has 0 fully saturated rings. The quantitative estimate of drug-likeness (QED) is 0.118. The first-order valence-electron chi connectivity index (χ1n) is 12.6. The highest BCUT2D eigenvalue weighted by Gasteiger charge is 2.13. The first kappa shape index (κ1) is 29.4. The van der Waals surface area contributed by atoms with Crippen LogP contribution in [0.15, 0.2) is 95.4 Å². The fourth-order valence-corrected chi connectivity index (χ4v) is 5.19. The van der Waals surface area contributed by atoms with Gasteiger partial charge in [-0.25, -0.2) is 10.4 Å². The summed E-state index contributed by atoms with van der Waals surface area (Å²) in [6.45, 7) is 0.224. The molecule has 7 nitrogen and oxygen atoms in total. The highest BCUT2D eigenvalue weighted by Crippen LogP contribution is 2.37. The van der Waals surface area contributed by atoms with Crippen LogP contribution in [0, 0.1) is 0 Å². The van der Waals surface area contributed by atoms with Crippen molar-refractivity contribution in [3.8, 4) is 22.8 Å². The molecule has 0 bridgehead atoms. The zero-order chi connectivity index (χ0) is 29.5. The summed E-state index contributed by atoms with van der Waals surface area (Å²) in [5, 5.41) is 11.6. The van der Waals surface area contributed by atoms with Gasteiger partial charge in [0.05, 0.1) is 24.0 Å². The van der Waals surface area contributed by atoms with Crippen molar-refractivity contribution in [2.75, 3.05) is 12.4 Å². The van der Waals surface area contributed by atoms with E-state index in [0.29, 0.717) is 37.7 Å². The zero-order valence-corrected chi connectivity index (χ0v) is 25.2. The lowest BCUT2D eigenvalue weighted by molar-refractivity contribution is 0.0955. The Kier molecular flexibility index (Phi) is 9.61. The van der Waals surface area contributed by atoms with Crippen molar-refractivity contribution >= 4 is 69.1 Å². The second-order valence-corrected chi connectivity index (χ2v) is 11.0. The number of anilines is 2. The number of hydrazone groups is 1. The van der Waals surface area contributed by atoms with Crippen LogP contribution in [0.25, 0.3) is 11.3 Å². The number of nitrogens with one attached hydrogen (secondary N) is 2. The van der Waals surface area contributed by atoms with Crippen LogP contribution < -0.4 is 20.2 Å². The Labute approximate surface area is 261 Å². The predicted octanol–water partition coefficient (Wildman–Crippen LogP) is 8.87. The van der Waals surface area contributed by atoms with E-state index in [4.69, 9.17) is 44.3 Å². The fourth-order valence-electron chi connectivity index (χ4n) is 3.86. The number of amides is 1. The van der Waals surface area contributed by atoms with Crippen LogP contribution in [-0.2, 0) is 6.61 Å². The Bertz CT molecular complexity index is 1720. The number of halogens is 3. The van der Waals surface area contributed by atoms with Crippen LogP contribution in [0.2, 0.25) is 15.1 Å². The van der Waals surface area contributed by atoms with E-state index < -0.39 is 0 Å². The number of benzene rings is 4. The Morgan fingerprint density at radius 3 is 2.48 bits per heavy atom. The second kappa shape index (κ2) is 13.7. The molecule has 0 atom stereocenters. The predicted molar refractivity (Wildman–Crippen MR) is 171 cm³/mol. The lowest BCUT2D eigenvalue weighted by Gasteiger charge is -2.14. The van der Waals surface area contributed by atoms with Crippen molar-refractivity contribution in [2.24, 2.45) is 5.10 Å². The average Bonchev–Trinajstić information content (AvgIpc) is 3.47. The van der Waals surface area contributed by atoms with Crippen LogP contribution in [0.1, 0.15) is 21.5 Å². The van der Waals surface area contributed by atoms with Crippen LogP contribution in [0.5, 0.6) is 11.5 Å². The number of hydrogen-bond acceptors (Lipinski definition) is 7. The standard InChI is InChI=1S/C31H23Cl3N4O3S/c1-40-28-15-19(14-26(34)29(28)41-17-22-4-2-3-5-25(22)33)16-35-38-30(39)21-8-6-20(7-9-21)27-18-42-31(37-27)36-24-12-10-23(32)11-13-24/h2-16,18H,17H2,1H3,(H,36,37)(H,38,39)/b35-16-. The van der Waals surface area contributed by atoms with E-state index in [9.17, 15) is 4.79 Å². The number of aromatic nitrogens is 1. The van der Waals surface area contributed by atoms with Gasteiger partial charge in [-0.2, -0.15) is 5.10 Å². The molecule has 0 aliphatic carbocycles. The number of carbonyl (C=O) groups is 1. The molecule has 0 radical (unpaired) electrons. The molecular weight excluding hydrogens is 615 g/mol. The molecule has 4 aromatic carbocycles. The van der Waals surface area contributed by atoms with Gasteiger partial charge < -0.3 is 14.8 Å². The van der Waals surface area contributed by atoms with Gasteiger partial charge in [0.15, 0.2) is 16.6 Å². The smallest absolute Gasteiger partial charge is 0.271 e. The van der Waals surface area contributed by atoms with E-state index >= 15 is 0 Å². The Morgan fingerprint density at radius 1 is 0.976 bits per heavy atom. The van der Waals surface area contributed by atoms with Crippen LogP contribution in [0.3, 0.4) is 0 Å². The lowest BCUT2D eigenvalue weighted by Crippen LogP contribution is -2.17. The topological polar surface area (TPSA) is 84.8 Å². The maximum Gasteiger partial charge on any atom is 0.271 e. The summed E-state index contributed by atoms with van der Waals surface area (Å²) in [5.74, 6) is 0.443. The molecule has 0 saturated heterocycles. The Balaban J connectivity index is 1.19. The summed E-state index contributed by atoms with van der Waals surface area (Å²) < 4.78 is 11.3. The minimum Gasteiger partial charge on any atom is -0.493 e. The third-order valence-electron chi connectivity index (χ3n) is 6.00. The highest BCUT2D eigenvalue weighted by molar-refractivity contribution is 7.14. The van der Waals surface area contributed by atoms with Gasteiger partial charge in [0.1, 0.15) is 6.61 Å². The van der Waals surface area contributed by atoms with E-state index in [-0.39, 0.29) is 12.5 Å². The lowest BCUT2D eigenvalue weighted by atomic mass is 10.1. The third-order valence-corrected chi connectivity index (χ3v) is 7.66. The molecule has 1 amide bonds. The normalized spacial score (nSPS) is 11.0. The molecular formula is C31H23Cl3N4O3S. The molecule has 5 rings (SSSR count). The number of methoxy groups -OCH3 is 1. The molecule has 11 heteroatoms. The van der Waals surface area contributed by atoms with Crippen molar-refractivity contribution < 1.29 is 14.3 Å². The molecule has 0 spiro atoms. The van der Waals surface area contributed by atoms with Gasteiger partial charge in [0.25, 0.3) is 5.91 Å². The molecule has 212 valence electrons. The SMILES string of the molecule is COc1cc(/C=N\NC(=O)c2ccc(-c3csc(Nc4ccc(Cl)cc4)n3)cc2)cc(Cl)c1OCc1ccccc1Cl. The molecule has 0 aliphatic rings. The maximum absolute atomic E-state index is 12.7. The molecule has 0 aliphatic heterocycles. The van der Waals surface area contributed by atoms with Gasteiger partial charge >= 0.3 is 0 Å². The van der Waals surface area contributed by atoms with E-state index in [0.717, 1.165) is 27.6 Å². The maximum atomic E-state index is 12.7. The van der Waals surface area contributed by atoms with Crippen molar-refractivity contribution in [1.29, 1.82) is 0 Å². The summed E-state index contributed by atoms with van der Waals surface area (Å²) in [4.78, 5) is 17.3. The zero-order valence-electron chi connectivity index (χ0n) is 22.1. The highest BCUT2D eigenvalue weighted by atomic mass is 35.5. The second-order valence-electron chi connectivity index (χ2n) is 8.86. The Morgan fingerprint density at radius 2 is 1.74 bits per heavy atom. The number of rotatable bonds is 10. The number of hydrogen-bond donors (Lipinski definition) is 2. The van der Waals surface area contributed by atoms with Crippen LogP contribution in [0.4, 0.5) is 10.8 Å². The first-order valence-corrected chi connectivity index (χ1v) is 14.6. The van der Waals surface area contributed by atoms with Crippen LogP contribution >= 0.6 is 46.1 Å². The molecule has 0 unspecified atom stereocenters. The van der Waals surface area contributed by atoms with E-state index in [1.54, 1.807) is 30.3 Å². The van der Waals surface area contributed by atoms with Crippen LogP contribution in [-0.4, -0.2) is 24.2 Å². The van der Waals surface area contributed by atoms with Crippen molar-refractivity contribution in [2.45, 2.75) is 6.61 Å². The van der Waals surface area contributed by atoms with Gasteiger partial charge in [-0.15, -0.1) is 11.3 Å². The fraction of sp³-hybridized carbons (Fsp3) is 0.0645. The molecule has 1 aromatic heterocycles. The summed E-state index contributed by atoms with van der Waals surface area (Å²) in [7, 11) is 1.52. The van der Waals surface area contributed by atoms with Crippen molar-refractivity contribution in [1.82, 2.24) is 10.4 Å². The largest absolute Gasteiger partial charge is 0.493 e. The number of thiazole rings is 1. The molecule has 2 N–H and O–H groups in total. The summed E-state index contributed by atoms with van der Waals surface area (Å²) in [5.41, 5.74) is 6.99. The van der Waals surface area contributed by atoms with Gasteiger partial charge in [-0.3, -0.25) is 4.79 Å². The molecule has 42 heavy (non-hydrogen) atoms. The number of carbonyl (C=O) groups excluding carboxylic acids is 1. The number of nitrogens with zero attached hydrogens (tertiary/aromatic N) is 2. The van der Waals surface area contributed by atoms with E-state index in [1.807, 2.05) is 60.0 Å². The number of ether oxygens (including phenoxy) is 2. The molecule has 5 aromatic rings. The monoisotopic (exact) mass is 636 g/mol. The van der Waals surface area contributed by atoms with Gasteiger partial charge in [-0.1, -0.05) is 65.1 Å². The molecule has 1 heterocycles. The summed E-state index contributed by atoms with van der Waals surface area (Å²) in [6.07, 6.45) is 1.48. The van der Waals surface area contributed by atoms with Crippen molar-refractivity contribution in [3.05, 3.63) is 122 Å². The average molecular weight is 638 g/mol. The third kappa shape index (κ3) is 7.40. The van der Waals surface area contributed by atoms with E-state index in [2.05, 4.69) is 20.8 Å². The minimum absolute atomic E-state index is 0.224. The summed E-state index contributed by atoms with van der Waals surface area (Å²) in [6, 6.07) is 25.3. The first-order chi connectivity index (χ1) is 20.4. The van der Waals surface area contributed by atoms with Crippen molar-refractivity contribution in [3.63, 3.8) is 0 Å². The minimum atomic E-state index is -0.362. The van der Waals surface area contributed by atoms with Gasteiger partial charge in [0, 0.05) is 37.8 Å².